The Kier molecular flexibility index (Phi) is 7.45. The van der Waals surface area contributed by atoms with Gasteiger partial charge < -0.3 is 10.6 Å². The van der Waals surface area contributed by atoms with Crippen LogP contribution in [0.15, 0.2) is 84.9 Å². The number of amides is 3. The zero-order chi connectivity index (χ0) is 22.1. The second-order valence-corrected chi connectivity index (χ2v) is 6.92. The third kappa shape index (κ3) is 6.76. The molecule has 0 aliphatic rings. The highest BCUT2D eigenvalue weighted by Crippen LogP contribution is 2.11. The van der Waals surface area contributed by atoms with Gasteiger partial charge in [-0.15, -0.1) is 0 Å². The number of hydrogen-bond donors (Lipinski definition) is 4. The van der Waals surface area contributed by atoms with E-state index >= 15 is 0 Å². The van der Waals surface area contributed by atoms with E-state index in [0.717, 1.165) is 5.56 Å². The highest BCUT2D eigenvalue weighted by molar-refractivity contribution is 7.80. The molecule has 0 saturated carbocycles. The van der Waals surface area contributed by atoms with Crippen molar-refractivity contribution in [2.45, 2.75) is 6.42 Å². The minimum Gasteiger partial charge on any atom is -0.322 e. The first-order valence-corrected chi connectivity index (χ1v) is 9.82. The van der Waals surface area contributed by atoms with E-state index in [0.29, 0.717) is 16.8 Å². The van der Waals surface area contributed by atoms with Crippen LogP contribution >= 0.6 is 12.2 Å². The Morgan fingerprint density at radius 3 is 1.90 bits per heavy atom. The summed E-state index contributed by atoms with van der Waals surface area (Å²) >= 11 is 5.02. The van der Waals surface area contributed by atoms with E-state index in [1.54, 1.807) is 48.5 Å². The lowest BCUT2D eigenvalue weighted by Gasteiger charge is -2.11. The lowest BCUT2D eigenvalue weighted by Crippen LogP contribution is -2.48. The number of thiocarbonyl (C=S) groups is 1. The summed E-state index contributed by atoms with van der Waals surface area (Å²) < 4.78 is 0. The van der Waals surface area contributed by atoms with Crippen molar-refractivity contribution in [2.24, 2.45) is 0 Å². The molecular weight excluding hydrogens is 412 g/mol. The van der Waals surface area contributed by atoms with Crippen LogP contribution in [0.3, 0.4) is 0 Å². The van der Waals surface area contributed by atoms with Crippen molar-refractivity contribution < 1.29 is 14.4 Å². The SMILES string of the molecule is O=C(Cc1ccccc1)NC(=S)NNC(=O)c1ccc(NC(=O)c2ccccc2)cc1. The van der Waals surface area contributed by atoms with E-state index in [4.69, 9.17) is 12.2 Å². The number of carbonyl (C=O) groups excluding carboxylic acids is 3. The zero-order valence-corrected chi connectivity index (χ0v) is 17.2. The fourth-order valence-corrected chi connectivity index (χ4v) is 2.83. The minimum absolute atomic E-state index is 0.0129. The Hall–Kier alpha value is -4.04. The first-order valence-electron chi connectivity index (χ1n) is 9.42. The molecule has 156 valence electrons. The second-order valence-electron chi connectivity index (χ2n) is 6.52. The van der Waals surface area contributed by atoms with Crippen molar-refractivity contribution in [3.8, 4) is 0 Å². The van der Waals surface area contributed by atoms with Gasteiger partial charge in [0.15, 0.2) is 5.11 Å². The average Bonchev–Trinajstić information content (AvgIpc) is 2.79. The highest BCUT2D eigenvalue weighted by Gasteiger charge is 2.10. The van der Waals surface area contributed by atoms with Gasteiger partial charge in [-0.2, -0.15) is 0 Å². The summed E-state index contributed by atoms with van der Waals surface area (Å²) in [5.74, 6) is -0.979. The Labute approximate surface area is 184 Å². The van der Waals surface area contributed by atoms with Crippen LogP contribution in [0.4, 0.5) is 5.69 Å². The van der Waals surface area contributed by atoms with Crippen molar-refractivity contribution in [3.63, 3.8) is 0 Å². The number of nitrogens with one attached hydrogen (secondary N) is 4. The molecule has 8 heteroatoms. The molecule has 0 aliphatic carbocycles. The standard InChI is InChI=1S/C23H20N4O3S/c28-20(15-16-7-3-1-4-8-16)25-23(31)27-26-22(30)18-11-13-19(14-12-18)24-21(29)17-9-5-2-6-10-17/h1-14H,15H2,(H,24,29)(H,26,30)(H2,25,27,28,31). The molecule has 0 unspecified atom stereocenters. The van der Waals surface area contributed by atoms with Crippen LogP contribution in [0.5, 0.6) is 0 Å². The molecule has 0 spiro atoms. The summed E-state index contributed by atoms with van der Waals surface area (Å²) in [6.07, 6.45) is 0.173. The third-order valence-corrected chi connectivity index (χ3v) is 4.40. The lowest BCUT2D eigenvalue weighted by atomic mass is 10.1. The van der Waals surface area contributed by atoms with Crippen molar-refractivity contribution in [1.29, 1.82) is 0 Å². The highest BCUT2D eigenvalue weighted by atomic mass is 32.1. The van der Waals surface area contributed by atoms with Gasteiger partial charge in [-0.1, -0.05) is 48.5 Å². The van der Waals surface area contributed by atoms with Gasteiger partial charge >= 0.3 is 0 Å². The van der Waals surface area contributed by atoms with Crippen molar-refractivity contribution >= 4 is 40.7 Å². The largest absolute Gasteiger partial charge is 0.322 e. The molecule has 4 N–H and O–H groups in total. The Bertz CT molecular complexity index is 1070. The molecule has 3 aromatic carbocycles. The van der Waals surface area contributed by atoms with Gasteiger partial charge in [0.1, 0.15) is 0 Å². The van der Waals surface area contributed by atoms with Crippen LogP contribution in [-0.4, -0.2) is 22.8 Å². The maximum absolute atomic E-state index is 12.2. The van der Waals surface area contributed by atoms with Crippen LogP contribution < -0.4 is 21.5 Å². The number of rotatable bonds is 5. The molecule has 7 nitrogen and oxygen atoms in total. The number of hydrazine groups is 1. The molecule has 0 aromatic heterocycles. The van der Waals surface area contributed by atoms with Crippen LogP contribution in [0.25, 0.3) is 0 Å². The molecule has 0 radical (unpaired) electrons. The monoisotopic (exact) mass is 432 g/mol. The molecule has 0 aliphatic heterocycles. The Morgan fingerprint density at radius 2 is 1.26 bits per heavy atom. The maximum Gasteiger partial charge on any atom is 0.269 e. The minimum atomic E-state index is -0.444. The summed E-state index contributed by atoms with van der Waals surface area (Å²) in [7, 11) is 0. The smallest absolute Gasteiger partial charge is 0.269 e. The van der Waals surface area contributed by atoms with Crippen molar-refractivity contribution in [2.75, 3.05) is 5.32 Å². The van der Waals surface area contributed by atoms with Crippen molar-refractivity contribution in [1.82, 2.24) is 16.2 Å². The number of hydrogen-bond acceptors (Lipinski definition) is 4. The predicted octanol–water partition coefficient (Wildman–Crippen LogP) is 2.82. The fourth-order valence-electron chi connectivity index (χ4n) is 2.67. The summed E-state index contributed by atoms with van der Waals surface area (Å²) in [5.41, 5.74) is 7.22. The first kappa shape index (κ1) is 21.7. The van der Waals surface area contributed by atoms with E-state index < -0.39 is 5.91 Å². The van der Waals surface area contributed by atoms with E-state index in [9.17, 15) is 14.4 Å². The first-order chi connectivity index (χ1) is 15.0. The van der Waals surface area contributed by atoms with Gasteiger partial charge in [-0.05, 0) is 54.2 Å². The Morgan fingerprint density at radius 1 is 0.677 bits per heavy atom. The van der Waals surface area contributed by atoms with Gasteiger partial charge in [0, 0.05) is 16.8 Å². The fraction of sp³-hybridized carbons (Fsp3) is 0.0435. The summed E-state index contributed by atoms with van der Waals surface area (Å²) in [6, 6.07) is 24.4. The van der Waals surface area contributed by atoms with E-state index in [-0.39, 0.29) is 23.3 Å². The van der Waals surface area contributed by atoms with Gasteiger partial charge in [0.25, 0.3) is 11.8 Å². The lowest BCUT2D eigenvalue weighted by molar-refractivity contribution is -0.119. The molecule has 0 heterocycles. The van der Waals surface area contributed by atoms with Gasteiger partial charge in [-0.25, -0.2) is 0 Å². The van der Waals surface area contributed by atoms with Crippen LogP contribution in [0.1, 0.15) is 26.3 Å². The average molecular weight is 433 g/mol. The molecule has 0 atom stereocenters. The maximum atomic E-state index is 12.2. The summed E-state index contributed by atoms with van der Waals surface area (Å²) in [6.45, 7) is 0. The van der Waals surface area contributed by atoms with Gasteiger partial charge in [0.05, 0.1) is 6.42 Å². The van der Waals surface area contributed by atoms with E-state index in [1.165, 1.54) is 0 Å². The predicted molar refractivity (Wildman–Crippen MR) is 122 cm³/mol. The second kappa shape index (κ2) is 10.7. The van der Waals surface area contributed by atoms with Crippen LogP contribution in [0, 0.1) is 0 Å². The molecule has 3 amide bonds. The molecule has 0 saturated heterocycles. The topological polar surface area (TPSA) is 99.3 Å². The normalized spacial score (nSPS) is 9.94. The van der Waals surface area contributed by atoms with Gasteiger partial charge in [0.2, 0.25) is 5.91 Å². The van der Waals surface area contributed by atoms with Crippen LogP contribution in [0.2, 0.25) is 0 Å². The number of benzene rings is 3. The number of carbonyl (C=O) groups is 3. The van der Waals surface area contributed by atoms with Crippen LogP contribution in [-0.2, 0) is 11.2 Å². The Balaban J connectivity index is 1.45. The summed E-state index contributed by atoms with van der Waals surface area (Å²) in [4.78, 5) is 36.4. The van der Waals surface area contributed by atoms with E-state index in [1.807, 2.05) is 36.4 Å². The number of anilines is 1. The molecule has 3 aromatic rings. The van der Waals surface area contributed by atoms with Gasteiger partial charge in [-0.3, -0.25) is 25.2 Å². The third-order valence-electron chi connectivity index (χ3n) is 4.19. The van der Waals surface area contributed by atoms with E-state index in [2.05, 4.69) is 21.5 Å². The zero-order valence-electron chi connectivity index (χ0n) is 16.4. The summed E-state index contributed by atoms with van der Waals surface area (Å²) in [5, 5.41) is 5.25. The van der Waals surface area contributed by atoms with Crippen molar-refractivity contribution in [3.05, 3.63) is 102 Å². The molecule has 31 heavy (non-hydrogen) atoms. The quantitative estimate of drug-likeness (QED) is 0.367. The molecule has 0 fully saturated rings. The molecular formula is C23H20N4O3S. The molecule has 0 bridgehead atoms. The molecule has 3 rings (SSSR count).